The van der Waals surface area contributed by atoms with Crippen molar-refractivity contribution in [2.75, 3.05) is 26.2 Å². The molecular weight excluding hydrogens is 471 g/mol. The number of guanidine groups is 1. The van der Waals surface area contributed by atoms with Crippen LogP contribution in [0.25, 0.3) is 0 Å². The van der Waals surface area contributed by atoms with E-state index in [1.807, 2.05) is 35.3 Å². The molecule has 150 valence electrons. The molecule has 8 heteroatoms. The number of nitrogens with one attached hydrogen (secondary N) is 2. The Labute approximate surface area is 183 Å². The van der Waals surface area contributed by atoms with Crippen LogP contribution in [0.15, 0.2) is 34.8 Å². The smallest absolute Gasteiger partial charge is 0.191 e. The quantitative estimate of drug-likeness (QED) is 0.347. The molecule has 1 aliphatic heterocycles. The highest BCUT2D eigenvalue weighted by molar-refractivity contribution is 14.0. The number of aromatic nitrogens is 2. The van der Waals surface area contributed by atoms with Gasteiger partial charge >= 0.3 is 0 Å². The van der Waals surface area contributed by atoms with Crippen LogP contribution in [0.3, 0.4) is 0 Å². The molecule has 2 N–H and O–H groups in total. The molecule has 0 amide bonds. The molecule has 1 unspecified atom stereocenters. The van der Waals surface area contributed by atoms with Crippen molar-refractivity contribution in [3.05, 3.63) is 40.3 Å². The Morgan fingerprint density at radius 3 is 2.96 bits per heavy atom. The van der Waals surface area contributed by atoms with Gasteiger partial charge in [0.1, 0.15) is 0 Å². The summed E-state index contributed by atoms with van der Waals surface area (Å²) in [6.45, 7) is 8.04. The number of aliphatic imine (C=N–C) groups is 1. The van der Waals surface area contributed by atoms with Gasteiger partial charge in [0.15, 0.2) is 5.96 Å². The van der Waals surface area contributed by atoms with Crippen molar-refractivity contribution >= 4 is 41.3 Å². The molecule has 2 aromatic heterocycles. The molecule has 1 fully saturated rings. The maximum absolute atomic E-state index is 4.70. The minimum Gasteiger partial charge on any atom is -0.357 e. The predicted molar refractivity (Wildman–Crippen MR) is 124 cm³/mol. The van der Waals surface area contributed by atoms with Crippen molar-refractivity contribution in [3.63, 3.8) is 0 Å². The van der Waals surface area contributed by atoms with E-state index >= 15 is 0 Å². The molecule has 1 saturated heterocycles. The van der Waals surface area contributed by atoms with Gasteiger partial charge in [0.25, 0.3) is 0 Å². The highest BCUT2D eigenvalue weighted by Gasteiger charge is 2.20. The van der Waals surface area contributed by atoms with Crippen LogP contribution < -0.4 is 10.6 Å². The first-order valence-electron chi connectivity index (χ1n) is 9.48. The zero-order valence-corrected chi connectivity index (χ0v) is 19.4. The van der Waals surface area contributed by atoms with Crippen LogP contribution in [0.4, 0.5) is 0 Å². The first kappa shape index (κ1) is 22.2. The molecule has 0 aromatic carbocycles. The molecule has 27 heavy (non-hydrogen) atoms. The molecule has 2 aromatic rings. The lowest BCUT2D eigenvalue weighted by molar-refractivity contribution is 0.169. The van der Waals surface area contributed by atoms with Crippen molar-refractivity contribution in [1.29, 1.82) is 0 Å². The van der Waals surface area contributed by atoms with Gasteiger partial charge in [-0.25, -0.2) is 4.99 Å². The number of halogens is 1. The zero-order chi connectivity index (χ0) is 18.2. The Bertz CT molecular complexity index is 684. The summed E-state index contributed by atoms with van der Waals surface area (Å²) in [6.07, 6.45) is 4.38. The third-order valence-electron chi connectivity index (χ3n) is 4.79. The lowest BCUT2D eigenvalue weighted by Gasteiger charge is -2.32. The van der Waals surface area contributed by atoms with Gasteiger partial charge < -0.3 is 10.6 Å². The van der Waals surface area contributed by atoms with E-state index in [0.29, 0.717) is 12.5 Å². The summed E-state index contributed by atoms with van der Waals surface area (Å²) in [5.74, 6) is 1.56. The third kappa shape index (κ3) is 7.08. The number of rotatable bonds is 7. The first-order valence-corrected chi connectivity index (χ1v) is 10.4. The van der Waals surface area contributed by atoms with Crippen LogP contribution in [0.1, 0.15) is 30.3 Å². The summed E-state index contributed by atoms with van der Waals surface area (Å²) in [6, 6.07) is 6.39. The second kappa shape index (κ2) is 11.7. The second-order valence-electron chi connectivity index (χ2n) is 6.84. The lowest BCUT2D eigenvalue weighted by atomic mass is 9.98. The minimum atomic E-state index is 0. The Morgan fingerprint density at radius 2 is 2.26 bits per heavy atom. The van der Waals surface area contributed by atoms with Crippen LogP contribution in [-0.2, 0) is 20.1 Å². The highest BCUT2D eigenvalue weighted by atomic mass is 127. The van der Waals surface area contributed by atoms with Gasteiger partial charge in [0.05, 0.1) is 12.2 Å². The molecule has 0 radical (unpaired) electrons. The number of hydrogen-bond donors (Lipinski definition) is 2. The van der Waals surface area contributed by atoms with Crippen molar-refractivity contribution < 1.29 is 0 Å². The number of nitrogens with zero attached hydrogens (tertiary/aromatic N) is 4. The van der Waals surface area contributed by atoms with E-state index in [2.05, 4.69) is 45.1 Å². The average molecular weight is 502 g/mol. The molecule has 0 aliphatic carbocycles. The topological polar surface area (TPSA) is 57.5 Å². The fourth-order valence-corrected chi connectivity index (χ4v) is 4.13. The maximum atomic E-state index is 4.70. The van der Waals surface area contributed by atoms with E-state index in [1.165, 1.54) is 24.3 Å². The summed E-state index contributed by atoms with van der Waals surface area (Å²) in [7, 11) is 1.95. The molecular formula is C19H31IN6S. The monoisotopic (exact) mass is 502 g/mol. The second-order valence-corrected chi connectivity index (χ2v) is 7.88. The Balaban J connectivity index is 0.00000261. The van der Waals surface area contributed by atoms with Crippen LogP contribution in [0.5, 0.6) is 0 Å². The highest BCUT2D eigenvalue weighted by Crippen LogP contribution is 2.19. The van der Waals surface area contributed by atoms with Crippen molar-refractivity contribution in [3.8, 4) is 0 Å². The van der Waals surface area contributed by atoms with Gasteiger partial charge in [-0.3, -0.25) is 9.58 Å². The number of thiophene rings is 1. The van der Waals surface area contributed by atoms with Crippen molar-refractivity contribution in [2.45, 2.75) is 32.9 Å². The fraction of sp³-hybridized carbons (Fsp3) is 0.579. The summed E-state index contributed by atoms with van der Waals surface area (Å²) in [5, 5.41) is 13.3. The van der Waals surface area contributed by atoms with Gasteiger partial charge in [0.2, 0.25) is 0 Å². The summed E-state index contributed by atoms with van der Waals surface area (Å²) >= 11 is 1.86. The van der Waals surface area contributed by atoms with E-state index in [4.69, 9.17) is 4.99 Å². The number of hydrogen-bond acceptors (Lipinski definition) is 4. The zero-order valence-electron chi connectivity index (χ0n) is 16.2. The molecule has 0 saturated carbocycles. The van der Waals surface area contributed by atoms with Gasteiger partial charge in [-0.1, -0.05) is 6.07 Å². The van der Waals surface area contributed by atoms with Gasteiger partial charge in [-0.2, -0.15) is 5.10 Å². The Kier molecular flexibility index (Phi) is 9.57. The molecule has 1 atom stereocenters. The van der Waals surface area contributed by atoms with E-state index in [0.717, 1.165) is 37.8 Å². The van der Waals surface area contributed by atoms with Crippen LogP contribution in [-0.4, -0.2) is 46.8 Å². The molecule has 3 heterocycles. The summed E-state index contributed by atoms with van der Waals surface area (Å²) in [4.78, 5) is 8.75. The first-order chi connectivity index (χ1) is 12.7. The Hall–Kier alpha value is -1.13. The van der Waals surface area contributed by atoms with Crippen LogP contribution in [0.2, 0.25) is 0 Å². The molecule has 0 bridgehead atoms. The van der Waals surface area contributed by atoms with Gasteiger partial charge in [0, 0.05) is 44.3 Å². The summed E-state index contributed by atoms with van der Waals surface area (Å²) < 4.78 is 1.87. The van der Waals surface area contributed by atoms with Crippen molar-refractivity contribution in [2.24, 2.45) is 18.0 Å². The maximum Gasteiger partial charge on any atom is 0.191 e. The predicted octanol–water partition coefficient (Wildman–Crippen LogP) is 3.07. The lowest BCUT2D eigenvalue weighted by Crippen LogP contribution is -2.44. The third-order valence-corrected chi connectivity index (χ3v) is 5.65. The van der Waals surface area contributed by atoms with Gasteiger partial charge in [-0.05, 0) is 49.7 Å². The minimum absolute atomic E-state index is 0. The normalized spacial score (nSPS) is 18.1. The largest absolute Gasteiger partial charge is 0.357 e. The van der Waals surface area contributed by atoms with E-state index in [9.17, 15) is 0 Å². The van der Waals surface area contributed by atoms with E-state index in [1.54, 1.807) is 0 Å². The van der Waals surface area contributed by atoms with Crippen LogP contribution >= 0.6 is 35.3 Å². The molecule has 6 nitrogen and oxygen atoms in total. The average Bonchev–Trinajstić information content (AvgIpc) is 3.29. The Morgan fingerprint density at radius 1 is 1.37 bits per heavy atom. The van der Waals surface area contributed by atoms with E-state index in [-0.39, 0.29) is 24.0 Å². The number of aryl methyl sites for hydroxylation is 1. The molecule has 0 spiro atoms. The SMILES string of the molecule is CCNC(=NCc1ccnn1C)NCC1CCCN(Cc2cccs2)C1.I. The van der Waals surface area contributed by atoms with Gasteiger partial charge in [-0.15, -0.1) is 35.3 Å². The number of likely N-dealkylation sites (tertiary alicyclic amines) is 1. The summed E-state index contributed by atoms with van der Waals surface area (Å²) in [5.41, 5.74) is 1.11. The standard InChI is InChI=1S/C19H30N6S.HI/c1-3-20-19(22-13-17-8-9-23-24(17)2)21-12-16-6-4-10-25(14-16)15-18-7-5-11-26-18;/h5,7-9,11,16H,3-4,6,10,12-15H2,1-2H3,(H2,20,21,22);1H. The van der Waals surface area contributed by atoms with Crippen LogP contribution in [0, 0.1) is 5.92 Å². The fourth-order valence-electron chi connectivity index (χ4n) is 3.38. The molecule has 1 aliphatic rings. The molecule has 3 rings (SSSR count). The van der Waals surface area contributed by atoms with E-state index < -0.39 is 0 Å². The number of piperidine rings is 1. The van der Waals surface area contributed by atoms with Crippen molar-refractivity contribution in [1.82, 2.24) is 25.3 Å².